The van der Waals surface area contributed by atoms with Crippen LogP contribution in [-0.2, 0) is 0 Å². The summed E-state index contributed by atoms with van der Waals surface area (Å²) in [6, 6.07) is 3.30. The van der Waals surface area contributed by atoms with Gasteiger partial charge in [0.1, 0.15) is 11.6 Å². The quantitative estimate of drug-likeness (QED) is 0.854. The Bertz CT molecular complexity index is 635. The molecule has 26 heavy (non-hydrogen) atoms. The van der Waals surface area contributed by atoms with Crippen LogP contribution in [0.25, 0.3) is 0 Å². The molecular formula is C19H26F2N2O3. The van der Waals surface area contributed by atoms with Gasteiger partial charge in [-0.3, -0.25) is 0 Å². The number of amides is 1. The van der Waals surface area contributed by atoms with Gasteiger partial charge in [0.25, 0.3) is 0 Å². The molecule has 1 atom stereocenters. The first-order chi connectivity index (χ1) is 12.4. The molecule has 7 heteroatoms. The van der Waals surface area contributed by atoms with Crippen LogP contribution < -0.4 is 4.90 Å². The minimum Gasteiger partial charge on any atom is -0.465 e. The van der Waals surface area contributed by atoms with E-state index in [9.17, 15) is 23.8 Å². The van der Waals surface area contributed by atoms with Gasteiger partial charge >= 0.3 is 6.09 Å². The molecule has 0 radical (unpaired) electrons. The molecule has 2 N–H and O–H groups in total. The van der Waals surface area contributed by atoms with E-state index in [1.54, 1.807) is 0 Å². The average molecular weight is 368 g/mol. The van der Waals surface area contributed by atoms with Crippen molar-refractivity contribution in [2.45, 2.75) is 50.7 Å². The summed E-state index contributed by atoms with van der Waals surface area (Å²) in [4.78, 5) is 15.1. The first-order valence-electron chi connectivity index (χ1n) is 9.31. The van der Waals surface area contributed by atoms with Crippen LogP contribution in [-0.4, -0.2) is 53.0 Å². The van der Waals surface area contributed by atoms with Crippen molar-refractivity contribution in [3.8, 4) is 0 Å². The van der Waals surface area contributed by atoms with Gasteiger partial charge in [0.15, 0.2) is 0 Å². The van der Waals surface area contributed by atoms with Gasteiger partial charge in [0, 0.05) is 25.7 Å². The molecule has 1 aromatic carbocycles. The third-order valence-electron chi connectivity index (χ3n) is 5.60. The number of aliphatic hydroxyl groups is 1. The highest BCUT2D eigenvalue weighted by Crippen LogP contribution is 2.29. The van der Waals surface area contributed by atoms with E-state index in [-0.39, 0.29) is 18.1 Å². The molecule has 3 rings (SSSR count). The molecule has 2 fully saturated rings. The van der Waals surface area contributed by atoms with Gasteiger partial charge in [-0.1, -0.05) is 0 Å². The highest BCUT2D eigenvalue weighted by Gasteiger charge is 2.32. The van der Waals surface area contributed by atoms with Gasteiger partial charge in [-0.25, -0.2) is 13.6 Å². The molecule has 1 heterocycles. The molecule has 1 aliphatic heterocycles. The van der Waals surface area contributed by atoms with Crippen LogP contribution in [0.5, 0.6) is 0 Å². The van der Waals surface area contributed by atoms with Crippen LogP contribution in [0.15, 0.2) is 18.2 Å². The van der Waals surface area contributed by atoms with E-state index in [1.807, 2.05) is 4.90 Å². The number of rotatable bonds is 4. The zero-order valence-electron chi connectivity index (χ0n) is 14.8. The van der Waals surface area contributed by atoms with Crippen molar-refractivity contribution in [2.75, 3.05) is 24.5 Å². The Kier molecular flexibility index (Phi) is 5.96. The van der Waals surface area contributed by atoms with Gasteiger partial charge in [-0.05, 0) is 56.6 Å². The standard InChI is InChI=1S/C19H26F2N2O3/c20-14-5-8-18(17(21)10-14)22-9-1-2-15(12-22)23(19(25)26)11-13-3-6-16(24)7-4-13/h5,8,10,13,15-16,24H,1-4,6-7,9,11-12H2,(H,25,26). The summed E-state index contributed by atoms with van der Waals surface area (Å²) in [5.74, 6) is -0.979. The Balaban J connectivity index is 1.68. The molecule has 144 valence electrons. The Hall–Kier alpha value is -1.89. The summed E-state index contributed by atoms with van der Waals surface area (Å²) in [5.41, 5.74) is 0.322. The van der Waals surface area contributed by atoms with Gasteiger partial charge in [-0.2, -0.15) is 0 Å². The Morgan fingerprint density at radius 1 is 1.19 bits per heavy atom. The van der Waals surface area contributed by atoms with Crippen molar-refractivity contribution in [3.63, 3.8) is 0 Å². The molecule has 2 aliphatic rings. The van der Waals surface area contributed by atoms with Crippen LogP contribution in [0, 0.1) is 17.6 Å². The van der Waals surface area contributed by atoms with E-state index in [1.165, 1.54) is 17.0 Å². The Morgan fingerprint density at radius 3 is 2.58 bits per heavy atom. The van der Waals surface area contributed by atoms with E-state index in [4.69, 9.17) is 0 Å². The number of piperidine rings is 1. The highest BCUT2D eigenvalue weighted by molar-refractivity contribution is 5.65. The SMILES string of the molecule is O=C(O)N(CC1CCC(O)CC1)C1CCCN(c2ccc(F)cc2F)C1. The third-order valence-corrected chi connectivity index (χ3v) is 5.60. The van der Waals surface area contributed by atoms with E-state index in [0.717, 1.165) is 44.6 Å². The first kappa shape index (κ1) is 18.9. The number of aliphatic hydroxyl groups excluding tert-OH is 1. The smallest absolute Gasteiger partial charge is 0.407 e. The van der Waals surface area contributed by atoms with Crippen molar-refractivity contribution >= 4 is 11.8 Å². The van der Waals surface area contributed by atoms with Crippen LogP contribution in [0.2, 0.25) is 0 Å². The summed E-state index contributed by atoms with van der Waals surface area (Å²) in [6.45, 7) is 1.48. The Morgan fingerprint density at radius 2 is 1.92 bits per heavy atom. The number of anilines is 1. The number of halogens is 2. The summed E-state index contributed by atoms with van der Waals surface area (Å²) in [7, 11) is 0. The minimum absolute atomic E-state index is 0.211. The summed E-state index contributed by atoms with van der Waals surface area (Å²) in [6.07, 6.45) is 3.36. The fourth-order valence-corrected chi connectivity index (χ4v) is 4.15. The molecule has 0 aromatic heterocycles. The summed E-state index contributed by atoms with van der Waals surface area (Å²) >= 11 is 0. The fraction of sp³-hybridized carbons (Fsp3) is 0.632. The zero-order chi connectivity index (χ0) is 18.7. The molecule has 1 aromatic rings. The van der Waals surface area contributed by atoms with Crippen LogP contribution in [0.3, 0.4) is 0 Å². The van der Waals surface area contributed by atoms with Gasteiger partial charge in [-0.15, -0.1) is 0 Å². The number of nitrogens with zero attached hydrogens (tertiary/aromatic N) is 2. The lowest BCUT2D eigenvalue weighted by molar-refractivity contribution is 0.0756. The molecule has 1 aliphatic carbocycles. The monoisotopic (exact) mass is 368 g/mol. The van der Waals surface area contributed by atoms with Crippen LogP contribution >= 0.6 is 0 Å². The molecular weight excluding hydrogens is 342 g/mol. The second-order valence-electron chi connectivity index (χ2n) is 7.45. The van der Waals surface area contributed by atoms with Gasteiger partial charge in [0.05, 0.1) is 17.8 Å². The predicted octanol–water partition coefficient (Wildman–Crippen LogP) is 3.46. The predicted molar refractivity (Wildman–Crippen MR) is 94.3 cm³/mol. The largest absolute Gasteiger partial charge is 0.465 e. The molecule has 0 spiro atoms. The number of hydrogen-bond acceptors (Lipinski definition) is 3. The highest BCUT2D eigenvalue weighted by atomic mass is 19.1. The normalized spacial score (nSPS) is 26.6. The maximum absolute atomic E-state index is 14.1. The molecule has 1 amide bonds. The van der Waals surface area contributed by atoms with Crippen molar-refractivity contribution in [1.82, 2.24) is 4.90 Å². The van der Waals surface area contributed by atoms with Crippen molar-refractivity contribution < 1.29 is 23.8 Å². The molecule has 0 bridgehead atoms. The number of hydrogen-bond donors (Lipinski definition) is 2. The van der Waals surface area contributed by atoms with Crippen LogP contribution in [0.1, 0.15) is 38.5 Å². The Labute approximate surface area is 152 Å². The van der Waals surface area contributed by atoms with Crippen molar-refractivity contribution in [3.05, 3.63) is 29.8 Å². The van der Waals surface area contributed by atoms with E-state index < -0.39 is 17.7 Å². The lowest BCUT2D eigenvalue weighted by Gasteiger charge is -2.41. The van der Waals surface area contributed by atoms with E-state index in [2.05, 4.69) is 0 Å². The van der Waals surface area contributed by atoms with Crippen molar-refractivity contribution in [1.29, 1.82) is 0 Å². The molecule has 1 saturated carbocycles. The third kappa shape index (κ3) is 4.44. The molecule has 5 nitrogen and oxygen atoms in total. The second kappa shape index (κ2) is 8.20. The minimum atomic E-state index is -0.956. The van der Waals surface area contributed by atoms with Crippen LogP contribution in [0.4, 0.5) is 19.3 Å². The lowest BCUT2D eigenvalue weighted by atomic mass is 9.86. The zero-order valence-corrected chi connectivity index (χ0v) is 14.8. The second-order valence-corrected chi connectivity index (χ2v) is 7.45. The maximum atomic E-state index is 14.1. The average Bonchev–Trinajstić information content (AvgIpc) is 2.61. The molecule has 1 unspecified atom stereocenters. The summed E-state index contributed by atoms with van der Waals surface area (Å²) < 4.78 is 27.2. The summed E-state index contributed by atoms with van der Waals surface area (Å²) in [5, 5.41) is 19.3. The van der Waals surface area contributed by atoms with E-state index >= 15 is 0 Å². The number of carbonyl (C=O) groups is 1. The first-order valence-corrected chi connectivity index (χ1v) is 9.31. The van der Waals surface area contributed by atoms with E-state index in [0.29, 0.717) is 25.3 Å². The number of carboxylic acid groups (broad SMARTS) is 1. The lowest BCUT2D eigenvalue weighted by Crippen LogP contribution is -2.51. The fourth-order valence-electron chi connectivity index (χ4n) is 4.15. The van der Waals surface area contributed by atoms with Gasteiger partial charge in [0.2, 0.25) is 0 Å². The maximum Gasteiger partial charge on any atom is 0.407 e. The van der Waals surface area contributed by atoms with Crippen molar-refractivity contribution in [2.24, 2.45) is 5.92 Å². The van der Waals surface area contributed by atoms with Gasteiger partial charge < -0.3 is 20.0 Å². The number of benzene rings is 1. The molecule has 1 saturated heterocycles. The topological polar surface area (TPSA) is 64.0 Å².